The van der Waals surface area contributed by atoms with Crippen molar-refractivity contribution in [1.82, 2.24) is 0 Å². The summed E-state index contributed by atoms with van der Waals surface area (Å²) in [6.45, 7) is 0. The van der Waals surface area contributed by atoms with Gasteiger partial charge in [0.05, 0.1) is 0 Å². The second-order valence-corrected chi connectivity index (χ2v) is 4.13. The fourth-order valence-electron chi connectivity index (χ4n) is 0.452. The molecule has 0 amide bonds. The zero-order valence-corrected chi connectivity index (χ0v) is 6.66. The Kier molecular flexibility index (Phi) is 2.15. The van der Waals surface area contributed by atoms with Crippen LogP contribution in [0.1, 0.15) is 6.42 Å². The molecule has 0 atom stereocenters. The van der Waals surface area contributed by atoms with Crippen LogP contribution in [0.3, 0.4) is 0 Å². The average Bonchev–Trinajstić information content (AvgIpc) is 2.14. The van der Waals surface area contributed by atoms with Gasteiger partial charge in [-0.25, -0.2) is 0 Å². The Morgan fingerprint density at radius 2 is 2.57 bits per heavy atom. The molecule has 2 heteroatoms. The molecular formula is C5H5ClPt. The first-order valence-corrected chi connectivity index (χ1v) is 5.95. The van der Waals surface area contributed by atoms with Gasteiger partial charge in [-0.05, 0) is 0 Å². The number of rotatable bonds is 1. The molecule has 0 fully saturated rings. The van der Waals surface area contributed by atoms with Gasteiger partial charge in [0, 0.05) is 0 Å². The van der Waals surface area contributed by atoms with Crippen LogP contribution in [0.4, 0.5) is 0 Å². The third-order valence-corrected chi connectivity index (χ3v) is 3.43. The van der Waals surface area contributed by atoms with Crippen LogP contribution in [-0.2, 0) is 17.5 Å². The Morgan fingerprint density at radius 1 is 1.71 bits per heavy atom. The van der Waals surface area contributed by atoms with Gasteiger partial charge in [-0.15, -0.1) is 0 Å². The van der Waals surface area contributed by atoms with E-state index in [1.807, 2.05) is 0 Å². The van der Waals surface area contributed by atoms with E-state index in [0.717, 1.165) is 6.42 Å². The molecule has 0 radical (unpaired) electrons. The SMILES string of the molecule is [Cl][Pt][C]1=CC=CC1. The summed E-state index contributed by atoms with van der Waals surface area (Å²) in [6.07, 6.45) is 7.42. The molecular weight excluding hydrogens is 291 g/mol. The van der Waals surface area contributed by atoms with Crippen molar-refractivity contribution in [3.63, 3.8) is 0 Å². The molecule has 0 aliphatic heterocycles. The van der Waals surface area contributed by atoms with Crippen LogP contribution in [0.5, 0.6) is 0 Å². The Labute approximate surface area is 55.7 Å². The summed E-state index contributed by atoms with van der Waals surface area (Å²) in [6, 6.07) is 0. The molecule has 0 aromatic carbocycles. The molecule has 0 aromatic rings. The van der Waals surface area contributed by atoms with Crippen molar-refractivity contribution >= 4 is 9.42 Å². The molecule has 0 nitrogen and oxygen atoms in total. The van der Waals surface area contributed by atoms with E-state index < -0.39 is 0 Å². The number of hydrogen-bond acceptors (Lipinski definition) is 0. The minimum atomic E-state index is -0.133. The normalized spacial score (nSPS) is 18.1. The first-order chi connectivity index (χ1) is 3.43. The van der Waals surface area contributed by atoms with Crippen molar-refractivity contribution in [3.8, 4) is 0 Å². The van der Waals surface area contributed by atoms with Crippen molar-refractivity contribution in [2.24, 2.45) is 0 Å². The quantitative estimate of drug-likeness (QED) is 0.695. The van der Waals surface area contributed by atoms with E-state index >= 15 is 0 Å². The molecule has 1 aliphatic carbocycles. The minimum absolute atomic E-state index is 0.133. The van der Waals surface area contributed by atoms with E-state index in [2.05, 4.69) is 18.2 Å². The van der Waals surface area contributed by atoms with Crippen LogP contribution in [0.15, 0.2) is 22.2 Å². The summed E-state index contributed by atoms with van der Waals surface area (Å²) in [5.41, 5.74) is 0. The summed E-state index contributed by atoms with van der Waals surface area (Å²) >= 11 is -0.133. The molecule has 0 heterocycles. The monoisotopic (exact) mass is 295 g/mol. The topological polar surface area (TPSA) is 0 Å². The molecule has 0 saturated heterocycles. The van der Waals surface area contributed by atoms with Gasteiger partial charge in [0.15, 0.2) is 0 Å². The zero-order chi connectivity index (χ0) is 5.11. The van der Waals surface area contributed by atoms with E-state index in [4.69, 9.17) is 9.42 Å². The van der Waals surface area contributed by atoms with Gasteiger partial charge in [0.1, 0.15) is 0 Å². The Balaban J connectivity index is 2.45. The van der Waals surface area contributed by atoms with Gasteiger partial charge in [0.2, 0.25) is 0 Å². The van der Waals surface area contributed by atoms with Crippen LogP contribution in [0.2, 0.25) is 0 Å². The second-order valence-electron chi connectivity index (χ2n) is 1.27. The van der Waals surface area contributed by atoms with E-state index in [1.54, 1.807) is 0 Å². The Morgan fingerprint density at radius 3 is 2.86 bits per heavy atom. The standard InChI is InChI=1S/C5H5.ClH.Pt/c1-2-4-5-3-1;;/h1-3H,4H2;1H;/q;;+1/p-1. The van der Waals surface area contributed by atoms with Gasteiger partial charge >= 0.3 is 55.6 Å². The first-order valence-electron chi connectivity index (χ1n) is 1.99. The van der Waals surface area contributed by atoms with Crippen molar-refractivity contribution in [3.05, 3.63) is 22.2 Å². The van der Waals surface area contributed by atoms with E-state index in [1.165, 1.54) is 3.96 Å². The third kappa shape index (κ3) is 1.43. The molecule has 0 saturated carbocycles. The summed E-state index contributed by atoms with van der Waals surface area (Å²) in [7, 11) is 5.61. The molecule has 0 N–H and O–H groups in total. The molecule has 1 aliphatic rings. The van der Waals surface area contributed by atoms with Crippen LogP contribution < -0.4 is 0 Å². The van der Waals surface area contributed by atoms with Gasteiger partial charge in [-0.1, -0.05) is 0 Å². The predicted molar refractivity (Wildman–Crippen MR) is 27.7 cm³/mol. The van der Waals surface area contributed by atoms with Gasteiger partial charge in [-0.2, -0.15) is 0 Å². The third-order valence-electron chi connectivity index (χ3n) is 0.780. The Bertz CT molecular complexity index is 115. The van der Waals surface area contributed by atoms with E-state index in [-0.39, 0.29) is 17.5 Å². The second kappa shape index (κ2) is 2.69. The number of allylic oxidation sites excluding steroid dienone is 4. The summed E-state index contributed by atoms with van der Waals surface area (Å²) in [5.74, 6) is 0. The van der Waals surface area contributed by atoms with Crippen molar-refractivity contribution < 1.29 is 17.5 Å². The summed E-state index contributed by atoms with van der Waals surface area (Å²) < 4.78 is 1.43. The molecule has 0 spiro atoms. The van der Waals surface area contributed by atoms with Gasteiger partial charge in [0.25, 0.3) is 0 Å². The maximum absolute atomic E-state index is 5.61. The number of hydrogen-bond donors (Lipinski definition) is 0. The maximum atomic E-state index is 5.61. The van der Waals surface area contributed by atoms with Crippen LogP contribution in [0.25, 0.3) is 0 Å². The molecule has 7 heavy (non-hydrogen) atoms. The number of halogens is 1. The van der Waals surface area contributed by atoms with Gasteiger partial charge < -0.3 is 0 Å². The van der Waals surface area contributed by atoms with Crippen molar-refractivity contribution in [2.75, 3.05) is 0 Å². The Hall–Kier alpha value is 0.458. The van der Waals surface area contributed by atoms with E-state index in [0.29, 0.717) is 0 Å². The average molecular weight is 296 g/mol. The molecule has 42 valence electrons. The van der Waals surface area contributed by atoms with Crippen LogP contribution >= 0.6 is 9.42 Å². The molecule has 1 rings (SSSR count). The van der Waals surface area contributed by atoms with Crippen molar-refractivity contribution in [1.29, 1.82) is 0 Å². The van der Waals surface area contributed by atoms with Gasteiger partial charge in [-0.3, -0.25) is 0 Å². The molecule has 0 aromatic heterocycles. The summed E-state index contributed by atoms with van der Waals surface area (Å²) in [5, 5.41) is 0. The molecule has 0 unspecified atom stereocenters. The predicted octanol–water partition coefficient (Wildman–Crippen LogP) is 2.07. The van der Waals surface area contributed by atoms with Crippen LogP contribution in [0, 0.1) is 0 Å². The fraction of sp³-hybridized carbons (Fsp3) is 0.200. The molecule has 0 bridgehead atoms. The first kappa shape index (κ1) is 5.59. The fourth-order valence-corrected chi connectivity index (χ4v) is 1.98. The summed E-state index contributed by atoms with van der Waals surface area (Å²) in [4.78, 5) is 0. The van der Waals surface area contributed by atoms with E-state index in [9.17, 15) is 0 Å². The zero-order valence-electron chi connectivity index (χ0n) is 3.63. The van der Waals surface area contributed by atoms with Crippen LogP contribution in [-0.4, -0.2) is 0 Å². The van der Waals surface area contributed by atoms with Crippen molar-refractivity contribution in [2.45, 2.75) is 6.42 Å².